The van der Waals surface area contributed by atoms with Gasteiger partial charge >= 0.3 is 6.09 Å². The molecule has 0 saturated carbocycles. The molecule has 1 aromatic heterocycles. The fourth-order valence-electron chi connectivity index (χ4n) is 3.86. The molecule has 2 N–H and O–H groups in total. The van der Waals surface area contributed by atoms with Gasteiger partial charge in [-0.25, -0.2) is 9.78 Å². The van der Waals surface area contributed by atoms with Crippen molar-refractivity contribution in [1.29, 1.82) is 0 Å². The minimum atomic E-state index is -0.479. The molecule has 1 fully saturated rings. The van der Waals surface area contributed by atoms with Crippen LogP contribution in [0, 0.1) is 0 Å². The topological polar surface area (TPSA) is 73.0 Å². The Kier molecular flexibility index (Phi) is 8.90. The standard InChI is InChI=1S/C25H38N6O2S/c1-6-29(7-2)13-12-26-23(34)27-20-9-10-21-19(18-20)8-11-22(28-21)30-14-16-31(17-15-30)24(32)33-25(3,4)5/h8-11,18H,6-7,12-17H2,1-5H3,(H2,26,27,34). The van der Waals surface area contributed by atoms with Crippen molar-refractivity contribution < 1.29 is 9.53 Å². The van der Waals surface area contributed by atoms with Gasteiger partial charge in [0.2, 0.25) is 0 Å². The van der Waals surface area contributed by atoms with Crippen LogP contribution in [0.5, 0.6) is 0 Å². The number of carbonyl (C=O) groups is 1. The van der Waals surface area contributed by atoms with E-state index in [9.17, 15) is 4.79 Å². The highest BCUT2D eigenvalue weighted by Crippen LogP contribution is 2.23. The van der Waals surface area contributed by atoms with E-state index in [1.165, 1.54) is 0 Å². The number of ether oxygens (including phenoxy) is 1. The number of hydrogen-bond donors (Lipinski definition) is 2. The molecule has 0 unspecified atom stereocenters. The number of piperazine rings is 1. The molecule has 1 aliphatic heterocycles. The number of amides is 1. The van der Waals surface area contributed by atoms with Crippen LogP contribution in [-0.2, 0) is 4.74 Å². The van der Waals surface area contributed by atoms with Gasteiger partial charge in [0.05, 0.1) is 5.52 Å². The summed E-state index contributed by atoms with van der Waals surface area (Å²) in [6.45, 7) is 16.5. The van der Waals surface area contributed by atoms with Crippen LogP contribution in [0.15, 0.2) is 30.3 Å². The number of thiocarbonyl (C=S) groups is 1. The monoisotopic (exact) mass is 486 g/mol. The molecule has 0 atom stereocenters. The Hall–Kier alpha value is -2.65. The fraction of sp³-hybridized carbons (Fsp3) is 0.560. The van der Waals surface area contributed by atoms with Gasteiger partial charge < -0.3 is 30.1 Å². The van der Waals surface area contributed by atoms with Crippen molar-refractivity contribution in [2.24, 2.45) is 0 Å². The fourth-order valence-corrected chi connectivity index (χ4v) is 4.08. The maximum absolute atomic E-state index is 12.3. The summed E-state index contributed by atoms with van der Waals surface area (Å²) >= 11 is 5.45. The van der Waals surface area contributed by atoms with Crippen LogP contribution in [0.3, 0.4) is 0 Å². The van der Waals surface area contributed by atoms with Gasteiger partial charge in [-0.1, -0.05) is 13.8 Å². The third-order valence-electron chi connectivity index (χ3n) is 5.80. The largest absolute Gasteiger partial charge is 0.444 e. The number of fused-ring (bicyclic) bond motifs is 1. The van der Waals surface area contributed by atoms with Crippen molar-refractivity contribution in [3.63, 3.8) is 0 Å². The van der Waals surface area contributed by atoms with E-state index < -0.39 is 5.60 Å². The molecule has 1 amide bonds. The second-order valence-electron chi connectivity index (χ2n) is 9.44. The van der Waals surface area contributed by atoms with E-state index in [1.54, 1.807) is 4.90 Å². The summed E-state index contributed by atoms with van der Waals surface area (Å²) < 4.78 is 5.49. The lowest BCUT2D eigenvalue weighted by Crippen LogP contribution is -2.50. The van der Waals surface area contributed by atoms with E-state index in [0.717, 1.165) is 61.7 Å². The molecule has 8 nitrogen and oxygen atoms in total. The van der Waals surface area contributed by atoms with E-state index in [2.05, 4.69) is 46.4 Å². The predicted octanol–water partition coefficient (Wildman–Crippen LogP) is 3.92. The number of nitrogens with one attached hydrogen (secondary N) is 2. The van der Waals surface area contributed by atoms with E-state index in [4.69, 9.17) is 21.9 Å². The molecule has 1 saturated heterocycles. The molecule has 0 bridgehead atoms. The molecule has 9 heteroatoms. The third kappa shape index (κ3) is 7.43. The first-order chi connectivity index (χ1) is 16.2. The van der Waals surface area contributed by atoms with Crippen molar-refractivity contribution >= 4 is 45.8 Å². The Bertz CT molecular complexity index is 981. The molecule has 34 heavy (non-hydrogen) atoms. The Morgan fingerprint density at radius 3 is 2.47 bits per heavy atom. The number of anilines is 2. The van der Waals surface area contributed by atoms with Crippen LogP contribution >= 0.6 is 12.2 Å². The highest BCUT2D eigenvalue weighted by molar-refractivity contribution is 7.80. The van der Waals surface area contributed by atoms with Crippen LogP contribution in [0.4, 0.5) is 16.3 Å². The van der Waals surface area contributed by atoms with Gasteiger partial charge in [0.1, 0.15) is 11.4 Å². The highest BCUT2D eigenvalue weighted by atomic mass is 32.1. The zero-order chi connectivity index (χ0) is 24.7. The number of carbonyl (C=O) groups excluding carboxylic acids is 1. The lowest BCUT2D eigenvalue weighted by atomic mass is 10.2. The second kappa shape index (κ2) is 11.7. The summed E-state index contributed by atoms with van der Waals surface area (Å²) in [5.74, 6) is 0.922. The summed E-state index contributed by atoms with van der Waals surface area (Å²) in [6.07, 6.45) is -0.251. The molecular formula is C25H38N6O2S. The van der Waals surface area contributed by atoms with Gasteiger partial charge in [0, 0.05) is 50.3 Å². The van der Waals surface area contributed by atoms with Crippen LogP contribution in [-0.4, -0.2) is 83.9 Å². The van der Waals surface area contributed by atoms with Gasteiger partial charge in [-0.15, -0.1) is 0 Å². The predicted molar refractivity (Wildman–Crippen MR) is 144 cm³/mol. The Morgan fingerprint density at radius 2 is 1.82 bits per heavy atom. The van der Waals surface area contributed by atoms with E-state index in [1.807, 2.05) is 39.0 Å². The first-order valence-corrected chi connectivity index (χ1v) is 12.5. The second-order valence-corrected chi connectivity index (χ2v) is 9.85. The minimum Gasteiger partial charge on any atom is -0.444 e. The SMILES string of the molecule is CCN(CC)CCNC(=S)Nc1ccc2nc(N3CCN(C(=O)OC(C)(C)C)CC3)ccc2c1. The van der Waals surface area contributed by atoms with Gasteiger partial charge in [-0.2, -0.15) is 0 Å². The molecule has 3 rings (SSSR count). The third-order valence-corrected chi connectivity index (χ3v) is 6.04. The molecule has 1 aliphatic rings. The van der Waals surface area contributed by atoms with Crippen molar-refractivity contribution in [2.75, 3.05) is 62.6 Å². The number of aromatic nitrogens is 1. The normalized spacial score (nSPS) is 14.4. The minimum absolute atomic E-state index is 0.251. The van der Waals surface area contributed by atoms with Gasteiger partial charge in [-0.3, -0.25) is 0 Å². The zero-order valence-electron chi connectivity index (χ0n) is 21.1. The maximum atomic E-state index is 12.3. The molecule has 0 radical (unpaired) electrons. The molecule has 0 spiro atoms. The Labute approximate surface area is 208 Å². The molecule has 0 aliphatic carbocycles. The van der Waals surface area contributed by atoms with E-state index >= 15 is 0 Å². The zero-order valence-corrected chi connectivity index (χ0v) is 21.9. The van der Waals surface area contributed by atoms with Crippen LogP contribution in [0.1, 0.15) is 34.6 Å². The van der Waals surface area contributed by atoms with E-state index in [0.29, 0.717) is 18.2 Å². The van der Waals surface area contributed by atoms with Crippen molar-refractivity contribution in [2.45, 2.75) is 40.2 Å². The van der Waals surface area contributed by atoms with Crippen molar-refractivity contribution in [1.82, 2.24) is 20.1 Å². The molecular weight excluding hydrogens is 448 g/mol. The summed E-state index contributed by atoms with van der Waals surface area (Å²) in [5, 5.41) is 8.21. The number of rotatable bonds is 7. The van der Waals surface area contributed by atoms with Crippen LogP contribution in [0.2, 0.25) is 0 Å². The van der Waals surface area contributed by atoms with E-state index in [-0.39, 0.29) is 6.09 Å². The molecule has 1 aromatic carbocycles. The van der Waals surface area contributed by atoms with Gasteiger partial charge in [-0.05, 0) is 76.4 Å². The number of nitrogens with zero attached hydrogens (tertiary/aromatic N) is 4. The van der Waals surface area contributed by atoms with Crippen LogP contribution in [0.25, 0.3) is 10.9 Å². The first kappa shape index (κ1) is 26.0. The van der Waals surface area contributed by atoms with Crippen molar-refractivity contribution in [3.8, 4) is 0 Å². The number of hydrogen-bond acceptors (Lipinski definition) is 6. The summed E-state index contributed by atoms with van der Waals surface area (Å²) in [7, 11) is 0. The average molecular weight is 487 g/mol. The number of likely N-dealkylation sites (N-methyl/N-ethyl adjacent to an activating group) is 1. The summed E-state index contributed by atoms with van der Waals surface area (Å²) in [4.78, 5) is 23.5. The average Bonchev–Trinajstić information content (AvgIpc) is 2.80. The van der Waals surface area contributed by atoms with Gasteiger partial charge in [0.25, 0.3) is 0 Å². The van der Waals surface area contributed by atoms with Crippen LogP contribution < -0.4 is 15.5 Å². The Morgan fingerprint density at radius 1 is 1.12 bits per heavy atom. The smallest absolute Gasteiger partial charge is 0.410 e. The lowest BCUT2D eigenvalue weighted by molar-refractivity contribution is 0.0240. The Balaban J connectivity index is 1.54. The molecule has 2 aromatic rings. The number of pyridine rings is 1. The van der Waals surface area contributed by atoms with Gasteiger partial charge in [0.15, 0.2) is 5.11 Å². The highest BCUT2D eigenvalue weighted by Gasteiger charge is 2.26. The maximum Gasteiger partial charge on any atom is 0.410 e. The lowest BCUT2D eigenvalue weighted by Gasteiger charge is -2.36. The number of benzene rings is 1. The molecule has 2 heterocycles. The molecule has 186 valence electrons. The summed E-state index contributed by atoms with van der Waals surface area (Å²) in [6, 6.07) is 10.2. The quantitative estimate of drug-likeness (QED) is 0.571. The van der Waals surface area contributed by atoms with Crippen molar-refractivity contribution in [3.05, 3.63) is 30.3 Å². The summed E-state index contributed by atoms with van der Waals surface area (Å²) in [5.41, 5.74) is 1.39. The first-order valence-electron chi connectivity index (χ1n) is 12.1.